The van der Waals surface area contributed by atoms with E-state index < -0.39 is 50.4 Å². The van der Waals surface area contributed by atoms with Gasteiger partial charge < -0.3 is 30.6 Å². The molecule has 3 rings (SSSR count). The molecule has 12 nitrogen and oxygen atoms in total. The average molecular weight is 334 g/mol. The van der Waals surface area contributed by atoms with E-state index in [-0.39, 0.29) is 0 Å². The van der Waals surface area contributed by atoms with Crippen LogP contribution in [0.4, 0.5) is 0 Å². The molecule has 1 aliphatic carbocycles. The zero-order valence-electron chi connectivity index (χ0n) is 9.18. The van der Waals surface area contributed by atoms with Crippen LogP contribution in [0.5, 0.6) is 0 Å². The number of aliphatic hydroxyl groups excluding tert-OH is 2. The maximum Gasteiger partial charge on any atom is 0.483 e. The van der Waals surface area contributed by atoms with Crippen molar-refractivity contribution in [3.05, 3.63) is 0 Å². The Kier molecular flexibility index (Phi) is 2.50. The molecule has 0 radical (unpaired) electrons. The van der Waals surface area contributed by atoms with Crippen LogP contribution in [0.25, 0.3) is 0 Å². The molecule has 114 valence electrons. The second-order valence-electron chi connectivity index (χ2n) is 4.60. The maximum absolute atomic E-state index is 11.7. The minimum atomic E-state index is -4.79. The summed E-state index contributed by atoms with van der Waals surface area (Å²) < 4.78 is 46.6. The van der Waals surface area contributed by atoms with Gasteiger partial charge in [-0.3, -0.25) is 0 Å². The van der Waals surface area contributed by atoms with Crippen molar-refractivity contribution in [3.63, 3.8) is 0 Å². The van der Waals surface area contributed by atoms with Crippen LogP contribution in [0, 0.1) is 0 Å². The molecule has 2 aliphatic heterocycles. The average Bonchev–Trinajstić information content (AvgIpc) is 2.66. The highest BCUT2D eigenvalue weighted by molar-refractivity contribution is 7.49. The summed E-state index contributed by atoms with van der Waals surface area (Å²) in [7, 11) is -8.88. The van der Waals surface area contributed by atoms with Crippen molar-refractivity contribution in [2.24, 2.45) is 0 Å². The largest absolute Gasteiger partial charge is 0.483 e. The van der Waals surface area contributed by atoms with Gasteiger partial charge in [0.25, 0.3) is 17.4 Å². The molecular weight excluding hydrogens is 326 g/mol. The second kappa shape index (κ2) is 3.40. The molecule has 3 aliphatic rings. The predicted octanol–water partition coefficient (Wildman–Crippen LogP) is -3.17. The molecule has 0 aromatic rings. The summed E-state index contributed by atoms with van der Waals surface area (Å²) in [5, 5.41) is 55.7. The smallest absolute Gasteiger partial charge is 0.383 e. The van der Waals surface area contributed by atoms with Gasteiger partial charge in [0.15, 0.2) is 12.2 Å². The van der Waals surface area contributed by atoms with E-state index in [1.54, 1.807) is 0 Å². The van der Waals surface area contributed by atoms with Gasteiger partial charge in [0.05, 0.1) is 0 Å². The van der Waals surface area contributed by atoms with Gasteiger partial charge >= 0.3 is 15.5 Å². The highest BCUT2D eigenvalue weighted by Crippen LogP contribution is 2.78. The molecule has 0 unspecified atom stereocenters. The van der Waals surface area contributed by atoms with Gasteiger partial charge in [0, 0.05) is 0 Å². The molecule has 0 amide bonds. The van der Waals surface area contributed by atoms with Crippen LogP contribution < -0.4 is 0 Å². The van der Waals surface area contributed by atoms with Crippen LogP contribution in [-0.4, -0.2) is 65.6 Å². The van der Waals surface area contributed by atoms with Crippen LogP contribution in [0.15, 0.2) is 0 Å². The Labute approximate surface area is 109 Å². The van der Waals surface area contributed by atoms with Gasteiger partial charge in [0.2, 0.25) is 5.34 Å². The van der Waals surface area contributed by atoms with Crippen molar-refractivity contribution in [3.8, 4) is 0 Å². The summed E-state index contributed by atoms with van der Waals surface area (Å²) in [5.41, 5.74) is 0. The standard InChI is InChI=1S/C6H8O12P2/c7-1-3(9,19(13)14)2(8)5(11)6(12)4(1,10)16-20(15,17-5)18-6/h1-2,7-12H/t1-,2-,3?,4-,5-,6?,20?/m0/s1. The number of phosphoric ester groups is 1. The Morgan fingerprint density at radius 2 is 1.30 bits per heavy atom. The van der Waals surface area contributed by atoms with Crippen LogP contribution in [0.2, 0.25) is 0 Å². The lowest BCUT2D eigenvalue weighted by atomic mass is 9.76. The fourth-order valence-electron chi connectivity index (χ4n) is 2.47. The SMILES string of the molecule is O=P(=O)C1(O)[C@H](O)[C@]2(O)OP3(=O)OC2(O)[C@@](O)(O3)[C@H]1O. The first kappa shape index (κ1) is 14.7. The fourth-order valence-corrected chi connectivity index (χ4v) is 5.04. The molecule has 3 fully saturated rings. The highest BCUT2D eigenvalue weighted by Gasteiger charge is 2.94. The van der Waals surface area contributed by atoms with Crippen molar-refractivity contribution in [2.45, 2.75) is 34.9 Å². The number of hydrogen-bond acceptors (Lipinski definition) is 12. The first-order valence-corrected chi connectivity index (χ1v) is 7.64. The minimum absolute atomic E-state index is 2.92. The molecule has 14 heteroatoms. The van der Waals surface area contributed by atoms with Crippen molar-refractivity contribution in [1.82, 2.24) is 0 Å². The lowest BCUT2D eigenvalue weighted by Gasteiger charge is -2.54. The lowest BCUT2D eigenvalue weighted by molar-refractivity contribution is -0.472. The van der Waals surface area contributed by atoms with Crippen molar-refractivity contribution in [2.75, 3.05) is 0 Å². The maximum atomic E-state index is 11.7. The van der Waals surface area contributed by atoms with E-state index in [2.05, 4.69) is 13.6 Å². The number of fused-ring (bicyclic) bond motifs is 1. The number of aliphatic hydroxyl groups is 6. The summed E-state index contributed by atoms with van der Waals surface area (Å²) in [6.07, 6.45) is -5.84. The quantitative estimate of drug-likeness (QED) is 0.263. The molecule has 20 heavy (non-hydrogen) atoms. The van der Waals surface area contributed by atoms with Gasteiger partial charge in [-0.25, -0.2) is 27.3 Å². The van der Waals surface area contributed by atoms with Crippen LogP contribution in [0.3, 0.4) is 0 Å². The van der Waals surface area contributed by atoms with E-state index in [0.29, 0.717) is 0 Å². The number of hydrogen-bond donors (Lipinski definition) is 6. The molecule has 2 bridgehead atoms. The number of rotatable bonds is 1. The van der Waals surface area contributed by atoms with E-state index in [4.69, 9.17) is 0 Å². The van der Waals surface area contributed by atoms with E-state index >= 15 is 0 Å². The first-order chi connectivity index (χ1) is 8.87. The van der Waals surface area contributed by atoms with E-state index in [1.807, 2.05) is 0 Å². The third-order valence-electron chi connectivity index (χ3n) is 3.56. The molecule has 0 aromatic heterocycles. The van der Waals surface area contributed by atoms with E-state index in [9.17, 15) is 44.3 Å². The summed E-state index contributed by atoms with van der Waals surface area (Å²) in [6, 6.07) is 0. The van der Waals surface area contributed by atoms with Crippen molar-refractivity contribution < 1.29 is 57.9 Å². The molecule has 2 heterocycles. The molecule has 4 atom stereocenters. The Morgan fingerprint density at radius 3 is 1.60 bits per heavy atom. The summed E-state index contributed by atoms with van der Waals surface area (Å²) in [6.45, 7) is 0. The third-order valence-corrected chi connectivity index (χ3v) is 6.12. The summed E-state index contributed by atoms with van der Waals surface area (Å²) >= 11 is 0. The van der Waals surface area contributed by atoms with Gasteiger partial charge in [-0.2, -0.15) is 0 Å². The van der Waals surface area contributed by atoms with Crippen molar-refractivity contribution in [1.29, 1.82) is 0 Å². The summed E-state index contributed by atoms with van der Waals surface area (Å²) in [5.74, 6) is -10.5. The zero-order chi connectivity index (χ0) is 15.4. The Hall–Kier alpha value is -0.230. The Morgan fingerprint density at radius 1 is 0.900 bits per heavy atom. The molecular formula is C6H8O12P2. The minimum Gasteiger partial charge on any atom is -0.383 e. The zero-order valence-corrected chi connectivity index (χ0v) is 11.0. The Balaban J connectivity index is 2.31. The predicted molar refractivity (Wildman–Crippen MR) is 51.0 cm³/mol. The Bertz CT molecular complexity index is 575. The molecule has 2 saturated heterocycles. The molecule has 1 saturated carbocycles. The normalized spacial score (nSPS) is 64.5. The van der Waals surface area contributed by atoms with Gasteiger partial charge in [-0.05, 0) is 0 Å². The van der Waals surface area contributed by atoms with Gasteiger partial charge in [-0.15, -0.1) is 0 Å². The topological polar surface area (TPSA) is 200 Å². The van der Waals surface area contributed by atoms with Crippen LogP contribution in [-0.2, 0) is 27.3 Å². The van der Waals surface area contributed by atoms with Gasteiger partial charge in [0.1, 0.15) is 0 Å². The molecule has 6 N–H and O–H groups in total. The van der Waals surface area contributed by atoms with E-state index in [1.165, 1.54) is 0 Å². The second-order valence-corrected chi connectivity index (χ2v) is 7.28. The highest BCUT2D eigenvalue weighted by atomic mass is 31.2. The molecule has 0 aromatic carbocycles. The van der Waals surface area contributed by atoms with Crippen LogP contribution in [0.1, 0.15) is 0 Å². The van der Waals surface area contributed by atoms with Crippen LogP contribution >= 0.6 is 15.5 Å². The summed E-state index contributed by atoms with van der Waals surface area (Å²) in [4.78, 5) is 0. The lowest BCUT2D eigenvalue weighted by Crippen LogP contribution is -2.85. The third kappa shape index (κ3) is 1.16. The monoisotopic (exact) mass is 334 g/mol. The van der Waals surface area contributed by atoms with E-state index in [0.717, 1.165) is 0 Å². The van der Waals surface area contributed by atoms with Crippen molar-refractivity contribution >= 4 is 15.5 Å². The molecule has 0 spiro atoms. The number of phosphoric acid groups is 1. The van der Waals surface area contributed by atoms with Gasteiger partial charge in [-0.1, -0.05) is 0 Å². The fraction of sp³-hybridized carbons (Fsp3) is 1.00. The first-order valence-electron chi connectivity index (χ1n) is 5.00.